The van der Waals surface area contributed by atoms with Crippen molar-refractivity contribution >= 4 is 33.2 Å². The summed E-state index contributed by atoms with van der Waals surface area (Å²) in [6.07, 6.45) is 1.68. The molecule has 5 nitrogen and oxygen atoms in total. The number of halogens is 1. The van der Waals surface area contributed by atoms with Gasteiger partial charge in [-0.25, -0.2) is 4.98 Å². The van der Waals surface area contributed by atoms with Gasteiger partial charge in [0.2, 0.25) is 0 Å². The van der Waals surface area contributed by atoms with Crippen LogP contribution < -0.4 is 5.32 Å². The van der Waals surface area contributed by atoms with Crippen LogP contribution in [-0.4, -0.2) is 42.1 Å². The van der Waals surface area contributed by atoms with Gasteiger partial charge in [0.1, 0.15) is 5.69 Å². The maximum Gasteiger partial charge on any atom is 0.272 e. The fourth-order valence-electron chi connectivity index (χ4n) is 2.36. The summed E-state index contributed by atoms with van der Waals surface area (Å²) in [5.74, 6) is -0.0436. The monoisotopic (exact) mass is 375 g/mol. The Morgan fingerprint density at radius 2 is 1.96 bits per heavy atom. The van der Waals surface area contributed by atoms with Crippen molar-refractivity contribution in [2.45, 2.75) is 6.92 Å². The molecule has 0 saturated carbocycles. The van der Waals surface area contributed by atoms with Crippen molar-refractivity contribution in [2.24, 2.45) is 0 Å². The second kappa shape index (κ2) is 7.10. The van der Waals surface area contributed by atoms with Crippen molar-refractivity contribution in [2.75, 3.05) is 31.6 Å². The van der Waals surface area contributed by atoms with Gasteiger partial charge in [-0.2, -0.15) is 0 Å². The van der Waals surface area contributed by atoms with Gasteiger partial charge in [0.05, 0.1) is 25.1 Å². The summed E-state index contributed by atoms with van der Waals surface area (Å²) in [5, 5.41) is 3.28. The number of anilines is 2. The fraction of sp³-hybridized carbons (Fsp3) is 0.294. The molecule has 120 valence electrons. The topological polar surface area (TPSA) is 54.5 Å². The normalized spacial score (nSPS) is 14.6. The molecule has 3 rings (SSSR count). The average Bonchev–Trinajstić information content (AvgIpc) is 2.59. The number of nitrogens with one attached hydrogen (secondary N) is 1. The van der Waals surface area contributed by atoms with Crippen LogP contribution in [-0.2, 0) is 4.74 Å². The number of carbonyl (C=O) groups is 1. The number of pyridine rings is 1. The molecule has 1 N–H and O–H groups in total. The first-order valence-corrected chi connectivity index (χ1v) is 8.29. The Hall–Kier alpha value is -1.92. The number of benzene rings is 1. The van der Waals surface area contributed by atoms with Crippen molar-refractivity contribution in [3.05, 3.63) is 52.3 Å². The van der Waals surface area contributed by atoms with Crippen molar-refractivity contribution in [3.8, 4) is 0 Å². The average molecular weight is 376 g/mol. The van der Waals surface area contributed by atoms with E-state index in [2.05, 4.69) is 26.2 Å². The quantitative estimate of drug-likeness (QED) is 0.893. The zero-order valence-corrected chi connectivity index (χ0v) is 14.5. The summed E-state index contributed by atoms with van der Waals surface area (Å²) in [6, 6.07) is 9.68. The lowest BCUT2D eigenvalue weighted by Gasteiger charge is -2.26. The smallest absolute Gasteiger partial charge is 0.272 e. The molecule has 0 unspecified atom stereocenters. The van der Waals surface area contributed by atoms with Gasteiger partial charge in [-0.3, -0.25) is 4.79 Å². The number of hydrogen-bond donors (Lipinski definition) is 1. The fourth-order valence-corrected chi connectivity index (χ4v) is 2.74. The number of rotatable bonds is 3. The van der Waals surface area contributed by atoms with E-state index in [0.717, 1.165) is 15.8 Å². The second-order valence-corrected chi connectivity index (χ2v) is 6.28. The van der Waals surface area contributed by atoms with Crippen LogP contribution in [0.3, 0.4) is 0 Å². The molecule has 0 atom stereocenters. The molecule has 0 radical (unpaired) electrons. The maximum absolute atomic E-state index is 12.3. The van der Waals surface area contributed by atoms with Gasteiger partial charge < -0.3 is 15.0 Å². The van der Waals surface area contributed by atoms with Gasteiger partial charge in [0.15, 0.2) is 0 Å². The minimum atomic E-state index is -0.0436. The highest BCUT2D eigenvalue weighted by molar-refractivity contribution is 9.10. The lowest BCUT2D eigenvalue weighted by atomic mass is 10.2. The molecule has 1 aliphatic heterocycles. The highest BCUT2D eigenvalue weighted by Gasteiger charge is 2.19. The Morgan fingerprint density at radius 1 is 1.22 bits per heavy atom. The van der Waals surface area contributed by atoms with Gasteiger partial charge in [-0.05, 0) is 36.8 Å². The Kier molecular flexibility index (Phi) is 4.93. The molecule has 0 bridgehead atoms. The number of aromatic nitrogens is 1. The van der Waals surface area contributed by atoms with Gasteiger partial charge in [-0.1, -0.05) is 22.0 Å². The minimum Gasteiger partial charge on any atom is -0.378 e. The molecule has 1 fully saturated rings. The van der Waals surface area contributed by atoms with Gasteiger partial charge >= 0.3 is 0 Å². The third-order valence-corrected chi connectivity index (χ3v) is 4.60. The van der Waals surface area contributed by atoms with Crippen molar-refractivity contribution in [1.82, 2.24) is 9.88 Å². The zero-order valence-electron chi connectivity index (χ0n) is 12.9. The molecule has 2 heterocycles. The molecule has 0 aliphatic carbocycles. The van der Waals surface area contributed by atoms with E-state index in [9.17, 15) is 4.79 Å². The van der Waals surface area contributed by atoms with Crippen LogP contribution in [0.5, 0.6) is 0 Å². The van der Waals surface area contributed by atoms with Crippen LogP contribution in [0.4, 0.5) is 11.4 Å². The molecule has 1 amide bonds. The number of ether oxygens (including phenoxy) is 1. The summed E-state index contributed by atoms with van der Waals surface area (Å²) >= 11 is 3.52. The first-order chi connectivity index (χ1) is 11.1. The van der Waals surface area contributed by atoms with Gasteiger partial charge in [0, 0.05) is 23.2 Å². The van der Waals surface area contributed by atoms with E-state index in [0.29, 0.717) is 32.0 Å². The van der Waals surface area contributed by atoms with E-state index in [-0.39, 0.29) is 5.91 Å². The summed E-state index contributed by atoms with van der Waals surface area (Å²) < 4.78 is 6.31. The summed E-state index contributed by atoms with van der Waals surface area (Å²) in [5.41, 5.74) is 3.46. The maximum atomic E-state index is 12.3. The molecular weight excluding hydrogens is 358 g/mol. The van der Waals surface area contributed by atoms with Crippen LogP contribution >= 0.6 is 15.9 Å². The van der Waals surface area contributed by atoms with E-state index in [1.807, 2.05) is 31.2 Å². The summed E-state index contributed by atoms with van der Waals surface area (Å²) in [7, 11) is 0. The van der Waals surface area contributed by atoms with Gasteiger partial charge in [0.25, 0.3) is 5.91 Å². The van der Waals surface area contributed by atoms with Crippen LogP contribution in [0.2, 0.25) is 0 Å². The van der Waals surface area contributed by atoms with Crippen LogP contribution in [0, 0.1) is 6.92 Å². The third-order valence-electron chi connectivity index (χ3n) is 3.74. The highest BCUT2D eigenvalue weighted by atomic mass is 79.9. The largest absolute Gasteiger partial charge is 0.378 e. The van der Waals surface area contributed by atoms with E-state index in [1.54, 1.807) is 17.2 Å². The first-order valence-electron chi connectivity index (χ1n) is 7.50. The Balaban J connectivity index is 1.68. The van der Waals surface area contributed by atoms with Crippen LogP contribution in [0.15, 0.2) is 41.0 Å². The molecule has 1 aromatic heterocycles. The molecule has 23 heavy (non-hydrogen) atoms. The molecule has 2 aromatic rings. The number of morpholine rings is 1. The van der Waals surface area contributed by atoms with E-state index in [1.165, 1.54) is 5.56 Å². The number of carbonyl (C=O) groups excluding carboxylic acids is 1. The Bertz CT molecular complexity index is 697. The van der Waals surface area contributed by atoms with Crippen molar-refractivity contribution in [3.63, 3.8) is 0 Å². The molecule has 1 aromatic carbocycles. The lowest BCUT2D eigenvalue weighted by molar-refractivity contribution is 0.0299. The molecule has 1 saturated heterocycles. The van der Waals surface area contributed by atoms with E-state index in [4.69, 9.17) is 4.74 Å². The number of hydrogen-bond acceptors (Lipinski definition) is 4. The predicted octanol–water partition coefficient (Wildman–Crippen LogP) is 3.37. The molecule has 0 spiro atoms. The SMILES string of the molecule is Cc1ccc(Nc2ccc(C(=O)N3CCOCC3)nc2)cc1Br. The van der Waals surface area contributed by atoms with Crippen LogP contribution in [0.1, 0.15) is 16.1 Å². The third kappa shape index (κ3) is 3.89. The summed E-state index contributed by atoms with van der Waals surface area (Å²) in [6.45, 7) is 4.47. The van der Waals surface area contributed by atoms with Crippen molar-refractivity contribution < 1.29 is 9.53 Å². The lowest BCUT2D eigenvalue weighted by Crippen LogP contribution is -2.41. The van der Waals surface area contributed by atoms with E-state index >= 15 is 0 Å². The highest BCUT2D eigenvalue weighted by Crippen LogP contribution is 2.23. The molecule has 6 heteroatoms. The Labute approximate surface area is 143 Å². The standard InChI is InChI=1S/C17H18BrN3O2/c1-12-2-3-13(10-15(12)18)20-14-4-5-16(19-11-14)17(22)21-6-8-23-9-7-21/h2-5,10-11,20H,6-9H2,1H3. The molecular formula is C17H18BrN3O2. The first kappa shape index (κ1) is 16.0. The number of nitrogens with zero attached hydrogens (tertiary/aromatic N) is 2. The Morgan fingerprint density at radius 3 is 2.61 bits per heavy atom. The minimum absolute atomic E-state index is 0.0436. The van der Waals surface area contributed by atoms with Crippen LogP contribution in [0.25, 0.3) is 0 Å². The van der Waals surface area contributed by atoms with Crippen molar-refractivity contribution in [1.29, 1.82) is 0 Å². The van der Waals surface area contributed by atoms with E-state index < -0.39 is 0 Å². The predicted molar refractivity (Wildman–Crippen MR) is 93.1 cm³/mol. The number of amides is 1. The summed E-state index contributed by atoms with van der Waals surface area (Å²) in [4.78, 5) is 18.4. The number of aryl methyl sites for hydroxylation is 1. The van der Waals surface area contributed by atoms with Gasteiger partial charge in [-0.15, -0.1) is 0 Å². The zero-order chi connectivity index (χ0) is 16.2. The molecule has 1 aliphatic rings. The second-order valence-electron chi connectivity index (χ2n) is 5.43.